The highest BCUT2D eigenvalue weighted by molar-refractivity contribution is 5.92. The monoisotopic (exact) mass is 294 g/mol. The van der Waals surface area contributed by atoms with Gasteiger partial charge in [-0.25, -0.2) is 4.39 Å². The van der Waals surface area contributed by atoms with Crippen LogP contribution >= 0.6 is 0 Å². The highest BCUT2D eigenvalue weighted by atomic mass is 19.1. The average Bonchev–Trinajstić information content (AvgIpc) is 2.66. The SMILES string of the molecule is NC(=O)c1ccc(F)c(COCC2(N)CCCCCC2)c1. The highest BCUT2D eigenvalue weighted by Crippen LogP contribution is 2.25. The zero-order valence-corrected chi connectivity index (χ0v) is 12.2. The van der Waals surface area contributed by atoms with E-state index >= 15 is 0 Å². The van der Waals surface area contributed by atoms with Crippen LogP contribution in [-0.4, -0.2) is 18.1 Å². The van der Waals surface area contributed by atoms with Crippen LogP contribution in [0.5, 0.6) is 0 Å². The molecule has 1 aromatic carbocycles. The third-order valence-corrected chi connectivity index (χ3v) is 4.08. The summed E-state index contributed by atoms with van der Waals surface area (Å²) in [6, 6.07) is 4.05. The Kier molecular flexibility index (Phi) is 5.31. The maximum atomic E-state index is 13.7. The molecule has 1 aliphatic rings. The Morgan fingerprint density at radius 2 is 1.90 bits per heavy atom. The zero-order chi connectivity index (χ0) is 15.3. The first-order chi connectivity index (χ1) is 10.0. The molecule has 0 aliphatic heterocycles. The summed E-state index contributed by atoms with van der Waals surface area (Å²) in [5, 5.41) is 0. The number of primary amides is 1. The van der Waals surface area contributed by atoms with Crippen LogP contribution in [0.4, 0.5) is 4.39 Å². The Morgan fingerprint density at radius 1 is 1.24 bits per heavy atom. The third kappa shape index (κ3) is 4.51. The number of nitrogens with two attached hydrogens (primary N) is 2. The molecule has 1 amide bonds. The van der Waals surface area contributed by atoms with Gasteiger partial charge in [-0.2, -0.15) is 0 Å². The van der Waals surface area contributed by atoms with Gasteiger partial charge in [0.1, 0.15) is 5.82 Å². The van der Waals surface area contributed by atoms with Crippen molar-refractivity contribution in [3.05, 3.63) is 35.1 Å². The van der Waals surface area contributed by atoms with Crippen LogP contribution in [0.2, 0.25) is 0 Å². The van der Waals surface area contributed by atoms with E-state index in [-0.39, 0.29) is 17.7 Å². The fourth-order valence-corrected chi connectivity index (χ4v) is 2.78. The molecule has 0 saturated heterocycles. The van der Waals surface area contributed by atoms with Crippen molar-refractivity contribution in [3.63, 3.8) is 0 Å². The summed E-state index contributed by atoms with van der Waals surface area (Å²) in [6.45, 7) is 0.513. The predicted molar refractivity (Wildman–Crippen MR) is 79.2 cm³/mol. The minimum absolute atomic E-state index is 0.103. The molecule has 0 spiro atoms. The molecule has 1 saturated carbocycles. The molecule has 116 valence electrons. The van der Waals surface area contributed by atoms with E-state index < -0.39 is 11.7 Å². The van der Waals surface area contributed by atoms with Gasteiger partial charge in [-0.15, -0.1) is 0 Å². The second kappa shape index (κ2) is 7.00. The van der Waals surface area contributed by atoms with E-state index in [9.17, 15) is 9.18 Å². The van der Waals surface area contributed by atoms with Gasteiger partial charge in [-0.3, -0.25) is 4.79 Å². The van der Waals surface area contributed by atoms with Crippen molar-refractivity contribution in [2.75, 3.05) is 6.61 Å². The van der Waals surface area contributed by atoms with E-state index in [4.69, 9.17) is 16.2 Å². The summed E-state index contributed by atoms with van der Waals surface area (Å²) < 4.78 is 19.3. The molecule has 0 radical (unpaired) electrons. The molecular weight excluding hydrogens is 271 g/mol. The van der Waals surface area contributed by atoms with E-state index in [0.717, 1.165) is 25.7 Å². The fraction of sp³-hybridized carbons (Fsp3) is 0.562. The lowest BCUT2D eigenvalue weighted by molar-refractivity contribution is 0.0651. The lowest BCUT2D eigenvalue weighted by Crippen LogP contribution is -2.43. The summed E-state index contributed by atoms with van der Waals surface area (Å²) in [5.74, 6) is -0.970. The summed E-state index contributed by atoms with van der Waals surface area (Å²) >= 11 is 0. The van der Waals surface area contributed by atoms with Gasteiger partial charge in [0.25, 0.3) is 0 Å². The Balaban J connectivity index is 1.93. The first-order valence-corrected chi connectivity index (χ1v) is 7.45. The van der Waals surface area contributed by atoms with Gasteiger partial charge in [-0.05, 0) is 31.0 Å². The fourth-order valence-electron chi connectivity index (χ4n) is 2.78. The van der Waals surface area contributed by atoms with Gasteiger partial charge in [0.05, 0.1) is 13.2 Å². The number of hydrogen-bond donors (Lipinski definition) is 2. The normalized spacial score (nSPS) is 18.2. The largest absolute Gasteiger partial charge is 0.375 e. The Bertz CT molecular complexity index is 497. The van der Waals surface area contributed by atoms with Crippen molar-refractivity contribution in [1.82, 2.24) is 0 Å². The quantitative estimate of drug-likeness (QED) is 0.819. The van der Waals surface area contributed by atoms with Gasteiger partial charge >= 0.3 is 0 Å². The van der Waals surface area contributed by atoms with Gasteiger partial charge in [0.15, 0.2) is 0 Å². The summed E-state index contributed by atoms with van der Waals surface area (Å²) in [7, 11) is 0. The molecular formula is C16H23FN2O2. The number of halogens is 1. The molecule has 1 aromatic rings. The molecule has 0 aromatic heterocycles. The van der Waals surface area contributed by atoms with Crippen molar-refractivity contribution in [3.8, 4) is 0 Å². The molecule has 5 heteroatoms. The number of benzene rings is 1. The Hall–Kier alpha value is -1.46. The summed E-state index contributed by atoms with van der Waals surface area (Å²) in [4.78, 5) is 11.1. The lowest BCUT2D eigenvalue weighted by Gasteiger charge is -2.27. The van der Waals surface area contributed by atoms with Crippen molar-refractivity contribution < 1.29 is 13.9 Å². The van der Waals surface area contributed by atoms with E-state index in [1.54, 1.807) is 0 Å². The van der Waals surface area contributed by atoms with Crippen LogP contribution in [0.15, 0.2) is 18.2 Å². The molecule has 2 rings (SSSR count). The molecule has 0 heterocycles. The second-order valence-corrected chi connectivity index (χ2v) is 5.94. The number of carbonyl (C=O) groups is 1. The zero-order valence-electron chi connectivity index (χ0n) is 12.2. The minimum Gasteiger partial charge on any atom is -0.375 e. The van der Waals surface area contributed by atoms with Crippen LogP contribution in [0.25, 0.3) is 0 Å². The molecule has 21 heavy (non-hydrogen) atoms. The van der Waals surface area contributed by atoms with E-state index in [1.165, 1.54) is 31.0 Å². The van der Waals surface area contributed by atoms with Crippen molar-refractivity contribution in [1.29, 1.82) is 0 Å². The number of rotatable bonds is 5. The first kappa shape index (κ1) is 15.9. The maximum absolute atomic E-state index is 13.7. The highest BCUT2D eigenvalue weighted by Gasteiger charge is 2.26. The van der Waals surface area contributed by atoms with Crippen LogP contribution in [0, 0.1) is 5.82 Å². The van der Waals surface area contributed by atoms with Crippen LogP contribution < -0.4 is 11.5 Å². The summed E-state index contributed by atoms with van der Waals surface area (Å²) in [5.41, 5.74) is 11.9. The maximum Gasteiger partial charge on any atom is 0.248 e. The van der Waals surface area contributed by atoms with E-state index in [2.05, 4.69) is 0 Å². The Morgan fingerprint density at radius 3 is 2.52 bits per heavy atom. The van der Waals surface area contributed by atoms with E-state index in [1.807, 2.05) is 0 Å². The Labute approximate surface area is 124 Å². The third-order valence-electron chi connectivity index (χ3n) is 4.08. The molecule has 1 aliphatic carbocycles. The first-order valence-electron chi connectivity index (χ1n) is 7.45. The molecule has 0 atom stereocenters. The van der Waals surface area contributed by atoms with Gasteiger partial charge < -0.3 is 16.2 Å². The molecule has 1 fully saturated rings. The van der Waals surface area contributed by atoms with Gasteiger partial charge in [-0.1, -0.05) is 25.7 Å². The molecule has 0 bridgehead atoms. The molecule has 0 unspecified atom stereocenters. The van der Waals surface area contributed by atoms with Gasteiger partial charge in [0, 0.05) is 16.7 Å². The standard InChI is InChI=1S/C16H23FN2O2/c17-14-6-5-12(15(18)20)9-13(14)10-21-11-16(19)7-3-1-2-4-8-16/h5-6,9H,1-4,7-8,10-11,19H2,(H2,18,20). The number of amides is 1. The van der Waals surface area contributed by atoms with Crippen LogP contribution in [0.3, 0.4) is 0 Å². The van der Waals surface area contributed by atoms with Crippen molar-refractivity contribution >= 4 is 5.91 Å². The van der Waals surface area contributed by atoms with Gasteiger partial charge in [0.2, 0.25) is 5.91 Å². The molecule has 4 nitrogen and oxygen atoms in total. The van der Waals surface area contributed by atoms with Crippen molar-refractivity contribution in [2.45, 2.75) is 50.7 Å². The van der Waals surface area contributed by atoms with Crippen LogP contribution in [-0.2, 0) is 11.3 Å². The van der Waals surface area contributed by atoms with Crippen LogP contribution in [0.1, 0.15) is 54.4 Å². The summed E-state index contributed by atoms with van der Waals surface area (Å²) in [6.07, 6.45) is 6.55. The minimum atomic E-state index is -0.574. The topological polar surface area (TPSA) is 78.3 Å². The number of ether oxygens (including phenoxy) is 1. The molecule has 4 N–H and O–H groups in total. The second-order valence-electron chi connectivity index (χ2n) is 5.94. The predicted octanol–water partition coefficient (Wildman–Crippen LogP) is 2.49. The number of hydrogen-bond acceptors (Lipinski definition) is 3. The number of carbonyl (C=O) groups excluding carboxylic acids is 1. The average molecular weight is 294 g/mol. The van der Waals surface area contributed by atoms with E-state index in [0.29, 0.717) is 12.2 Å². The smallest absolute Gasteiger partial charge is 0.248 e. The van der Waals surface area contributed by atoms with Crippen molar-refractivity contribution in [2.24, 2.45) is 11.5 Å². The lowest BCUT2D eigenvalue weighted by atomic mass is 9.92.